The third-order valence-corrected chi connectivity index (χ3v) is 9.70. The van der Waals surface area contributed by atoms with E-state index in [1.54, 1.807) is 43.3 Å². The van der Waals surface area contributed by atoms with Crippen LogP contribution in [0.15, 0.2) is 72.8 Å². The number of nitrogens with zero attached hydrogens (tertiary/aromatic N) is 5. The number of hydrogen-bond donors (Lipinski definition) is 2. The number of fused-ring (bicyclic) bond motifs is 2. The predicted octanol–water partition coefficient (Wildman–Crippen LogP) is 7.46. The summed E-state index contributed by atoms with van der Waals surface area (Å²) in [7, 11) is 0. The van der Waals surface area contributed by atoms with Gasteiger partial charge in [0.2, 0.25) is 5.88 Å². The van der Waals surface area contributed by atoms with Crippen LogP contribution in [0, 0.1) is 18.6 Å². The smallest absolute Gasteiger partial charge is 0.255 e. The highest BCUT2D eigenvalue weighted by atomic mass is 35.5. The van der Waals surface area contributed by atoms with Crippen molar-refractivity contribution in [3.8, 4) is 5.88 Å². The van der Waals surface area contributed by atoms with Crippen LogP contribution in [0.5, 0.6) is 5.88 Å². The number of rotatable bonds is 10. The van der Waals surface area contributed by atoms with Gasteiger partial charge in [-0.15, -0.1) is 0 Å². The second-order valence-corrected chi connectivity index (χ2v) is 13.3. The van der Waals surface area contributed by atoms with Crippen molar-refractivity contribution >= 4 is 50.7 Å². The number of carbonyl (C=O) groups is 1. The van der Waals surface area contributed by atoms with Crippen LogP contribution in [-0.2, 0) is 24.4 Å². The highest BCUT2D eigenvalue weighted by Crippen LogP contribution is 2.29. The van der Waals surface area contributed by atoms with Gasteiger partial charge in [0.05, 0.1) is 58.2 Å². The molecular weight excluding hydrogens is 676 g/mol. The predicted molar refractivity (Wildman–Crippen MR) is 191 cm³/mol. The lowest BCUT2D eigenvalue weighted by atomic mass is 10.0. The molecule has 1 fully saturated rings. The standard InChI is InChI=1S/C38H34ClF2N7O3/c1-22-36-30(46-45-22)8-9-31(37(36)41)44-38(49)24-6-10-33-32(17-24)42-34(48(33)19-27-13-16-50-27)20-47-14-11-23(12-15-47)29-3-2-4-35(43-29)51-21-25-5-7-26(39)18-28(25)40/h2-11,17-18,27H,12-16,19-21H2,1H3,(H,44,49)(H,45,46)/t27-/m0/s1. The van der Waals surface area contributed by atoms with E-state index in [1.165, 1.54) is 12.1 Å². The summed E-state index contributed by atoms with van der Waals surface area (Å²) in [5, 5.41) is 10.3. The second kappa shape index (κ2) is 13.9. The number of benzene rings is 3. The number of hydrogen-bond acceptors (Lipinski definition) is 7. The van der Waals surface area contributed by atoms with Gasteiger partial charge in [0, 0.05) is 41.9 Å². The Hall–Kier alpha value is -5.17. The number of H-pyrrole nitrogens is 1. The first-order valence-electron chi connectivity index (χ1n) is 16.8. The lowest BCUT2D eigenvalue weighted by Crippen LogP contribution is -2.33. The molecule has 13 heteroatoms. The van der Waals surface area contributed by atoms with Crippen LogP contribution in [0.4, 0.5) is 14.5 Å². The minimum absolute atomic E-state index is 0.0475. The normalized spacial score (nSPS) is 16.3. The third-order valence-electron chi connectivity index (χ3n) is 9.47. The quantitative estimate of drug-likeness (QED) is 0.152. The number of anilines is 1. The Labute approximate surface area is 297 Å². The van der Waals surface area contributed by atoms with Gasteiger partial charge in [0.25, 0.3) is 5.91 Å². The largest absolute Gasteiger partial charge is 0.473 e. The highest BCUT2D eigenvalue weighted by Gasteiger charge is 2.24. The molecule has 0 aliphatic carbocycles. The van der Waals surface area contributed by atoms with Gasteiger partial charge >= 0.3 is 0 Å². The molecule has 1 amide bonds. The molecule has 2 aliphatic rings. The van der Waals surface area contributed by atoms with Crippen LogP contribution in [0.25, 0.3) is 27.5 Å². The van der Waals surface area contributed by atoms with Crippen LogP contribution >= 0.6 is 11.6 Å². The molecular formula is C38H34ClF2N7O3. The molecule has 2 N–H and O–H groups in total. The van der Waals surface area contributed by atoms with Crippen LogP contribution in [-0.4, -0.2) is 61.3 Å². The first-order chi connectivity index (χ1) is 24.8. The monoisotopic (exact) mass is 709 g/mol. The molecule has 8 rings (SSSR count). The highest BCUT2D eigenvalue weighted by molar-refractivity contribution is 6.30. The molecule has 51 heavy (non-hydrogen) atoms. The Morgan fingerprint density at radius 1 is 1.12 bits per heavy atom. The lowest BCUT2D eigenvalue weighted by molar-refractivity contribution is -0.0591. The Bertz CT molecular complexity index is 2320. The second-order valence-electron chi connectivity index (χ2n) is 12.8. The third kappa shape index (κ3) is 6.82. The molecule has 5 heterocycles. The molecule has 0 bridgehead atoms. The van der Waals surface area contributed by atoms with E-state index in [0.29, 0.717) is 63.8 Å². The molecule has 10 nitrogen and oxygen atoms in total. The molecule has 0 saturated carbocycles. The summed E-state index contributed by atoms with van der Waals surface area (Å²) in [6.45, 7) is 5.26. The van der Waals surface area contributed by atoms with Crippen molar-refractivity contribution in [2.75, 3.05) is 25.0 Å². The van der Waals surface area contributed by atoms with E-state index < -0.39 is 17.5 Å². The minimum atomic E-state index is -0.526. The lowest BCUT2D eigenvalue weighted by Gasteiger charge is -2.29. The number of nitrogens with one attached hydrogen (secondary N) is 2. The number of pyridine rings is 1. The van der Waals surface area contributed by atoms with Crippen molar-refractivity contribution in [3.63, 3.8) is 0 Å². The number of aryl methyl sites for hydroxylation is 1. The summed E-state index contributed by atoms with van der Waals surface area (Å²) in [4.78, 5) is 25.3. The molecule has 0 spiro atoms. The summed E-state index contributed by atoms with van der Waals surface area (Å²) in [5.41, 5.74) is 5.49. The fraction of sp³-hybridized carbons (Fsp3) is 0.263. The molecule has 1 atom stereocenters. The summed E-state index contributed by atoms with van der Waals surface area (Å²) >= 11 is 5.87. The Balaban J connectivity index is 0.973. The van der Waals surface area contributed by atoms with Gasteiger partial charge in [0.15, 0.2) is 5.82 Å². The van der Waals surface area contributed by atoms with E-state index in [4.69, 9.17) is 26.1 Å². The molecule has 1 saturated heterocycles. The number of aromatic nitrogens is 5. The maximum atomic E-state index is 15.2. The Kier molecular flexibility index (Phi) is 8.97. The van der Waals surface area contributed by atoms with Gasteiger partial charge in [0.1, 0.15) is 18.2 Å². The van der Waals surface area contributed by atoms with Crippen LogP contribution in [0.1, 0.15) is 46.0 Å². The van der Waals surface area contributed by atoms with Crippen molar-refractivity contribution in [1.29, 1.82) is 0 Å². The molecule has 0 radical (unpaired) electrons. The first kappa shape index (κ1) is 33.0. The van der Waals surface area contributed by atoms with E-state index in [-0.39, 0.29) is 18.4 Å². The van der Waals surface area contributed by atoms with E-state index in [9.17, 15) is 9.18 Å². The van der Waals surface area contributed by atoms with Gasteiger partial charge in [-0.3, -0.25) is 14.8 Å². The van der Waals surface area contributed by atoms with Crippen molar-refractivity contribution in [2.24, 2.45) is 0 Å². The van der Waals surface area contributed by atoms with Crippen LogP contribution < -0.4 is 10.1 Å². The number of imidazole rings is 1. The Morgan fingerprint density at radius 2 is 2.00 bits per heavy atom. The number of aromatic amines is 1. The van der Waals surface area contributed by atoms with Crippen molar-refractivity contribution < 1.29 is 23.0 Å². The summed E-state index contributed by atoms with van der Waals surface area (Å²) < 4.78 is 43.2. The van der Waals surface area contributed by atoms with Gasteiger partial charge < -0.3 is 19.4 Å². The van der Waals surface area contributed by atoms with Crippen molar-refractivity contribution in [2.45, 2.75) is 45.6 Å². The van der Waals surface area contributed by atoms with Crippen LogP contribution in [0.2, 0.25) is 5.02 Å². The van der Waals surface area contributed by atoms with E-state index in [0.717, 1.165) is 48.6 Å². The molecule has 0 unspecified atom stereocenters. The summed E-state index contributed by atoms with van der Waals surface area (Å²) in [6.07, 6.45) is 4.03. The SMILES string of the molecule is Cc1n[nH]c2ccc(NC(=O)c3ccc4c(c3)nc(CN3CC=C(c5cccc(OCc6ccc(Cl)cc6F)n5)CC3)n4C[C@@H]3CCO3)c(F)c12. The molecule has 3 aromatic carbocycles. The zero-order chi connectivity index (χ0) is 35.1. The first-order valence-corrected chi connectivity index (χ1v) is 17.2. The number of halogens is 3. The molecule has 3 aromatic heterocycles. The van der Waals surface area contributed by atoms with Gasteiger partial charge in [-0.1, -0.05) is 29.8 Å². The Morgan fingerprint density at radius 3 is 2.78 bits per heavy atom. The van der Waals surface area contributed by atoms with Gasteiger partial charge in [-0.2, -0.15) is 5.10 Å². The van der Waals surface area contributed by atoms with Crippen molar-refractivity contribution in [3.05, 3.63) is 118 Å². The van der Waals surface area contributed by atoms with E-state index >= 15 is 4.39 Å². The summed E-state index contributed by atoms with van der Waals surface area (Å²) in [6, 6.07) is 18.7. The number of carbonyl (C=O) groups excluding carboxylic acids is 1. The number of ether oxygens (including phenoxy) is 2. The molecule has 6 aromatic rings. The molecule has 2 aliphatic heterocycles. The zero-order valence-electron chi connectivity index (χ0n) is 27.8. The minimum Gasteiger partial charge on any atom is -0.473 e. The van der Waals surface area contributed by atoms with E-state index in [2.05, 4.69) is 36.0 Å². The fourth-order valence-electron chi connectivity index (χ4n) is 6.54. The van der Waals surface area contributed by atoms with E-state index in [1.807, 2.05) is 18.2 Å². The van der Waals surface area contributed by atoms with Gasteiger partial charge in [-0.05, 0) is 73.9 Å². The maximum Gasteiger partial charge on any atom is 0.255 e. The summed E-state index contributed by atoms with van der Waals surface area (Å²) in [5.74, 6) is -0.0700. The zero-order valence-corrected chi connectivity index (χ0v) is 28.5. The topological polar surface area (TPSA) is 110 Å². The van der Waals surface area contributed by atoms with Crippen LogP contribution in [0.3, 0.4) is 0 Å². The fourth-order valence-corrected chi connectivity index (χ4v) is 6.70. The van der Waals surface area contributed by atoms with Crippen molar-refractivity contribution in [1.82, 2.24) is 29.6 Å². The average molecular weight is 710 g/mol. The average Bonchev–Trinajstić information content (AvgIpc) is 3.66. The molecule has 260 valence electrons. The van der Waals surface area contributed by atoms with Gasteiger partial charge in [-0.25, -0.2) is 18.7 Å². The number of amides is 1. The maximum absolute atomic E-state index is 15.2.